The Kier molecular flexibility index (Phi) is 5.22. The van der Waals surface area contributed by atoms with Crippen LogP contribution in [0.4, 0.5) is 4.79 Å². The maximum Gasteiger partial charge on any atom is 0.317 e. The Morgan fingerprint density at radius 3 is 2.86 bits per heavy atom. The molecule has 0 spiro atoms. The molecule has 1 unspecified atom stereocenters. The molecule has 6 heteroatoms. The Morgan fingerprint density at radius 1 is 1.24 bits per heavy atom. The van der Waals surface area contributed by atoms with Crippen molar-refractivity contribution in [3.8, 4) is 0 Å². The summed E-state index contributed by atoms with van der Waals surface area (Å²) in [5.74, 6) is 1.01. The maximum absolute atomic E-state index is 12.3. The zero-order chi connectivity index (χ0) is 14.5. The second-order valence-corrected chi connectivity index (χ2v) is 8.21. The molecular weight excluding hydrogens is 320 g/mol. The fraction of sp³-hybridized carbons (Fsp3) is 0.400. The van der Waals surface area contributed by atoms with E-state index in [-0.39, 0.29) is 6.03 Å². The zero-order valence-electron chi connectivity index (χ0n) is 11.7. The molecule has 3 nitrogen and oxygen atoms in total. The van der Waals surface area contributed by atoms with Gasteiger partial charge in [0, 0.05) is 33.8 Å². The van der Waals surface area contributed by atoms with E-state index in [0.29, 0.717) is 11.8 Å². The van der Waals surface area contributed by atoms with Gasteiger partial charge in [-0.15, -0.1) is 22.7 Å². The lowest BCUT2D eigenvalue weighted by Crippen LogP contribution is -2.40. The standard InChI is InChI=1S/C15H18N2OS3/c18-15(16-11-12-3-1-8-19-12)17-6-5-14(21-10-7-17)13-4-2-9-20-13/h1-4,8-9,14H,5-7,10-11H2,(H,16,18). The van der Waals surface area contributed by atoms with Gasteiger partial charge in [-0.3, -0.25) is 0 Å². The molecule has 0 aliphatic carbocycles. The van der Waals surface area contributed by atoms with Crippen LogP contribution >= 0.6 is 34.4 Å². The van der Waals surface area contributed by atoms with Crippen LogP contribution in [0, 0.1) is 0 Å². The average Bonchev–Trinajstić information content (AvgIpc) is 3.15. The van der Waals surface area contributed by atoms with Crippen molar-refractivity contribution in [3.63, 3.8) is 0 Å². The van der Waals surface area contributed by atoms with E-state index in [1.165, 1.54) is 9.75 Å². The van der Waals surface area contributed by atoms with Crippen molar-refractivity contribution in [1.29, 1.82) is 0 Å². The van der Waals surface area contributed by atoms with E-state index in [9.17, 15) is 4.79 Å². The van der Waals surface area contributed by atoms with E-state index < -0.39 is 0 Å². The number of nitrogens with zero attached hydrogens (tertiary/aromatic N) is 1. The zero-order valence-corrected chi connectivity index (χ0v) is 14.1. The second kappa shape index (κ2) is 7.33. The summed E-state index contributed by atoms with van der Waals surface area (Å²) in [4.78, 5) is 16.8. The molecule has 1 aliphatic rings. The molecule has 21 heavy (non-hydrogen) atoms. The van der Waals surface area contributed by atoms with Crippen molar-refractivity contribution in [2.75, 3.05) is 18.8 Å². The molecule has 0 saturated carbocycles. The molecule has 0 bridgehead atoms. The summed E-state index contributed by atoms with van der Waals surface area (Å²) in [5.41, 5.74) is 0. The van der Waals surface area contributed by atoms with Gasteiger partial charge in [0.05, 0.1) is 6.54 Å². The average molecular weight is 339 g/mol. The number of carbonyl (C=O) groups excluding carboxylic acids is 1. The van der Waals surface area contributed by atoms with Gasteiger partial charge in [-0.25, -0.2) is 4.79 Å². The highest BCUT2D eigenvalue weighted by atomic mass is 32.2. The molecule has 1 N–H and O–H groups in total. The minimum absolute atomic E-state index is 0.0656. The Morgan fingerprint density at radius 2 is 2.10 bits per heavy atom. The molecule has 1 saturated heterocycles. The Hall–Kier alpha value is -0.980. The molecule has 1 aliphatic heterocycles. The van der Waals surface area contributed by atoms with E-state index in [2.05, 4.69) is 28.9 Å². The fourth-order valence-electron chi connectivity index (χ4n) is 2.36. The van der Waals surface area contributed by atoms with Crippen LogP contribution in [0.25, 0.3) is 0 Å². The van der Waals surface area contributed by atoms with E-state index in [4.69, 9.17) is 0 Å². The van der Waals surface area contributed by atoms with Crippen LogP contribution in [0.1, 0.15) is 21.4 Å². The van der Waals surface area contributed by atoms with Gasteiger partial charge in [0.1, 0.15) is 0 Å². The Labute approximate surface area is 137 Å². The summed E-state index contributed by atoms with van der Waals surface area (Å²) < 4.78 is 0. The molecular formula is C15H18N2OS3. The third kappa shape index (κ3) is 4.02. The first kappa shape index (κ1) is 14.9. The van der Waals surface area contributed by atoms with Gasteiger partial charge >= 0.3 is 6.03 Å². The minimum Gasteiger partial charge on any atom is -0.333 e. The molecule has 112 valence electrons. The molecule has 2 aromatic heterocycles. The highest BCUT2D eigenvalue weighted by Gasteiger charge is 2.22. The maximum atomic E-state index is 12.3. The minimum atomic E-state index is 0.0656. The molecule has 0 radical (unpaired) electrons. The molecule has 1 fully saturated rings. The van der Waals surface area contributed by atoms with Gasteiger partial charge in [0.25, 0.3) is 0 Å². The van der Waals surface area contributed by atoms with Crippen molar-refractivity contribution < 1.29 is 4.79 Å². The number of thiophene rings is 2. The first-order valence-corrected chi connectivity index (χ1v) is 9.84. The molecule has 1 atom stereocenters. The van der Waals surface area contributed by atoms with Gasteiger partial charge in [-0.1, -0.05) is 12.1 Å². The van der Waals surface area contributed by atoms with Crippen molar-refractivity contribution in [1.82, 2.24) is 10.2 Å². The number of carbonyl (C=O) groups is 1. The van der Waals surface area contributed by atoms with Crippen molar-refractivity contribution in [2.45, 2.75) is 18.2 Å². The van der Waals surface area contributed by atoms with Crippen molar-refractivity contribution >= 4 is 40.5 Å². The third-order valence-corrected chi connectivity index (χ3v) is 6.80. The quantitative estimate of drug-likeness (QED) is 0.910. The number of amides is 2. The number of urea groups is 1. The molecule has 0 aromatic carbocycles. The molecule has 2 amide bonds. The smallest absolute Gasteiger partial charge is 0.317 e. The summed E-state index contributed by atoms with van der Waals surface area (Å²) in [7, 11) is 0. The van der Waals surface area contributed by atoms with Crippen LogP contribution in [-0.4, -0.2) is 29.8 Å². The topological polar surface area (TPSA) is 32.3 Å². The number of hydrogen-bond donors (Lipinski definition) is 1. The Balaban J connectivity index is 1.51. The van der Waals surface area contributed by atoms with E-state index in [0.717, 1.165) is 25.3 Å². The predicted octanol–water partition coefficient (Wildman–Crippen LogP) is 4.20. The molecule has 2 aromatic rings. The summed E-state index contributed by atoms with van der Waals surface area (Å²) >= 11 is 5.47. The largest absolute Gasteiger partial charge is 0.333 e. The lowest BCUT2D eigenvalue weighted by atomic mass is 10.2. The van der Waals surface area contributed by atoms with Crippen molar-refractivity contribution in [2.24, 2.45) is 0 Å². The summed E-state index contributed by atoms with van der Waals surface area (Å²) in [5, 5.41) is 7.73. The SMILES string of the molecule is O=C(NCc1cccs1)N1CCSC(c2cccs2)CC1. The van der Waals surface area contributed by atoms with E-state index in [1.54, 1.807) is 11.3 Å². The van der Waals surface area contributed by atoms with Gasteiger partial charge < -0.3 is 10.2 Å². The number of rotatable bonds is 3. The fourth-order valence-corrected chi connectivity index (χ4v) is 5.24. The van der Waals surface area contributed by atoms with Crippen LogP contribution < -0.4 is 5.32 Å². The highest BCUT2D eigenvalue weighted by molar-refractivity contribution is 7.99. The van der Waals surface area contributed by atoms with Crippen LogP contribution in [0.2, 0.25) is 0 Å². The van der Waals surface area contributed by atoms with Crippen LogP contribution in [-0.2, 0) is 6.54 Å². The van der Waals surface area contributed by atoms with Gasteiger partial charge in [0.15, 0.2) is 0 Å². The summed E-state index contributed by atoms with van der Waals surface area (Å²) in [6.07, 6.45) is 1.04. The lowest BCUT2D eigenvalue weighted by molar-refractivity contribution is 0.201. The van der Waals surface area contributed by atoms with Gasteiger partial charge in [0.2, 0.25) is 0 Å². The summed E-state index contributed by atoms with van der Waals surface area (Å²) in [6, 6.07) is 8.44. The van der Waals surface area contributed by atoms with Crippen LogP contribution in [0.15, 0.2) is 35.0 Å². The van der Waals surface area contributed by atoms with E-state index >= 15 is 0 Å². The van der Waals surface area contributed by atoms with Crippen molar-refractivity contribution in [3.05, 3.63) is 44.8 Å². The predicted molar refractivity (Wildman–Crippen MR) is 92.3 cm³/mol. The van der Waals surface area contributed by atoms with Crippen LogP contribution in [0.5, 0.6) is 0 Å². The van der Waals surface area contributed by atoms with Gasteiger partial charge in [-0.2, -0.15) is 11.8 Å². The first-order valence-electron chi connectivity index (χ1n) is 7.03. The number of nitrogens with one attached hydrogen (secondary N) is 1. The van der Waals surface area contributed by atoms with Crippen LogP contribution in [0.3, 0.4) is 0 Å². The second-order valence-electron chi connectivity index (χ2n) is 4.89. The molecule has 3 rings (SSSR count). The first-order chi connectivity index (χ1) is 10.3. The number of hydrogen-bond acceptors (Lipinski definition) is 4. The monoisotopic (exact) mass is 338 g/mol. The van der Waals surface area contributed by atoms with Gasteiger partial charge in [-0.05, 0) is 29.3 Å². The highest BCUT2D eigenvalue weighted by Crippen LogP contribution is 2.36. The Bertz CT molecular complexity index is 554. The molecule has 3 heterocycles. The summed E-state index contributed by atoms with van der Waals surface area (Å²) in [6.45, 7) is 2.31. The van der Waals surface area contributed by atoms with E-state index in [1.807, 2.05) is 39.4 Å². The lowest BCUT2D eigenvalue weighted by Gasteiger charge is -2.20. The number of thioether (sulfide) groups is 1. The third-order valence-electron chi connectivity index (χ3n) is 3.48. The normalized spacial score (nSPS) is 19.2.